The lowest BCUT2D eigenvalue weighted by atomic mass is 9.97. The Morgan fingerprint density at radius 3 is 2.75 bits per heavy atom. The predicted octanol–water partition coefficient (Wildman–Crippen LogP) is 0.251. The van der Waals surface area contributed by atoms with E-state index < -0.39 is 5.79 Å². The van der Waals surface area contributed by atoms with Crippen molar-refractivity contribution in [1.82, 2.24) is 5.32 Å². The van der Waals surface area contributed by atoms with E-state index in [4.69, 9.17) is 4.74 Å². The molecule has 88 valence electrons. The summed E-state index contributed by atoms with van der Waals surface area (Å²) in [6, 6.07) is 3.87. The van der Waals surface area contributed by atoms with Gasteiger partial charge in [0.1, 0.15) is 0 Å². The summed E-state index contributed by atoms with van der Waals surface area (Å²) in [5.41, 5.74) is 0.419. The van der Waals surface area contributed by atoms with Gasteiger partial charge in [0.25, 0.3) is 0 Å². The number of ether oxygens (including phenoxy) is 1. The molecule has 0 saturated carbocycles. The first-order chi connectivity index (χ1) is 7.54. The molecule has 1 aliphatic rings. The number of nitrogens with one attached hydrogen (secondary N) is 1. The molecule has 0 aliphatic carbocycles. The van der Waals surface area contributed by atoms with E-state index in [9.17, 15) is 15.3 Å². The topological polar surface area (TPSA) is 82.0 Å². The number of hydrogen-bond donors (Lipinski definition) is 4. The SMILES string of the molecule is CC1NCCOC1(O)c1ccc(O)c(O)c1. The van der Waals surface area contributed by atoms with Gasteiger partial charge in [0.15, 0.2) is 11.5 Å². The second-order valence-electron chi connectivity index (χ2n) is 3.92. The van der Waals surface area contributed by atoms with E-state index in [1.165, 1.54) is 18.2 Å². The van der Waals surface area contributed by atoms with Crippen molar-refractivity contribution in [3.8, 4) is 11.5 Å². The zero-order valence-electron chi connectivity index (χ0n) is 8.97. The Bertz CT molecular complexity index is 396. The summed E-state index contributed by atoms with van der Waals surface area (Å²) >= 11 is 0. The molecule has 2 unspecified atom stereocenters. The van der Waals surface area contributed by atoms with Crippen LogP contribution in [0.4, 0.5) is 0 Å². The normalized spacial score (nSPS) is 30.2. The fourth-order valence-corrected chi connectivity index (χ4v) is 1.82. The van der Waals surface area contributed by atoms with Gasteiger partial charge in [-0.1, -0.05) is 0 Å². The standard InChI is InChI=1S/C11H15NO4/c1-7-11(15,16-5-4-12-7)8-2-3-9(13)10(14)6-8/h2-3,6-7,12-15H,4-5H2,1H3. The number of rotatable bonds is 1. The average molecular weight is 225 g/mol. The monoisotopic (exact) mass is 225 g/mol. The molecule has 0 bridgehead atoms. The molecule has 5 heteroatoms. The van der Waals surface area contributed by atoms with E-state index in [2.05, 4.69) is 5.32 Å². The molecule has 0 radical (unpaired) electrons. The highest BCUT2D eigenvalue weighted by molar-refractivity contribution is 5.42. The predicted molar refractivity (Wildman–Crippen MR) is 57.1 cm³/mol. The highest BCUT2D eigenvalue weighted by Crippen LogP contribution is 2.34. The molecule has 0 aromatic heterocycles. The minimum atomic E-state index is -1.47. The molecule has 2 atom stereocenters. The van der Waals surface area contributed by atoms with Gasteiger partial charge in [-0.3, -0.25) is 0 Å². The van der Waals surface area contributed by atoms with Crippen LogP contribution in [-0.4, -0.2) is 34.5 Å². The lowest BCUT2D eigenvalue weighted by Gasteiger charge is -2.38. The number of aromatic hydroxyl groups is 2. The molecule has 1 heterocycles. The van der Waals surface area contributed by atoms with Crippen molar-refractivity contribution in [3.63, 3.8) is 0 Å². The molecule has 5 nitrogen and oxygen atoms in total. The van der Waals surface area contributed by atoms with E-state index in [1.54, 1.807) is 6.92 Å². The van der Waals surface area contributed by atoms with Gasteiger partial charge in [-0.15, -0.1) is 0 Å². The van der Waals surface area contributed by atoms with Gasteiger partial charge in [0.05, 0.1) is 12.6 Å². The van der Waals surface area contributed by atoms with Gasteiger partial charge in [-0.25, -0.2) is 0 Å². The summed E-state index contributed by atoms with van der Waals surface area (Å²) in [5, 5.41) is 32.0. The van der Waals surface area contributed by atoms with Gasteiger partial charge < -0.3 is 25.4 Å². The van der Waals surface area contributed by atoms with Crippen molar-refractivity contribution < 1.29 is 20.1 Å². The van der Waals surface area contributed by atoms with Gasteiger partial charge >= 0.3 is 0 Å². The number of benzene rings is 1. The molecule has 4 N–H and O–H groups in total. The van der Waals surface area contributed by atoms with Crippen LogP contribution in [0.2, 0.25) is 0 Å². The Kier molecular flexibility index (Phi) is 2.75. The third-order valence-electron chi connectivity index (χ3n) is 2.85. The van der Waals surface area contributed by atoms with Crippen LogP contribution in [0.25, 0.3) is 0 Å². The fourth-order valence-electron chi connectivity index (χ4n) is 1.82. The van der Waals surface area contributed by atoms with Crippen molar-refractivity contribution >= 4 is 0 Å². The Balaban J connectivity index is 2.37. The second-order valence-corrected chi connectivity index (χ2v) is 3.92. The molecule has 2 rings (SSSR count). The smallest absolute Gasteiger partial charge is 0.208 e. The molecule has 1 saturated heterocycles. The van der Waals surface area contributed by atoms with Crippen LogP contribution < -0.4 is 5.32 Å². The fraction of sp³-hybridized carbons (Fsp3) is 0.455. The van der Waals surface area contributed by atoms with E-state index in [-0.39, 0.29) is 17.5 Å². The van der Waals surface area contributed by atoms with Crippen LogP contribution in [0, 0.1) is 0 Å². The van der Waals surface area contributed by atoms with Crippen LogP contribution >= 0.6 is 0 Å². The van der Waals surface area contributed by atoms with Crippen LogP contribution in [0.5, 0.6) is 11.5 Å². The van der Waals surface area contributed by atoms with Gasteiger partial charge in [-0.2, -0.15) is 0 Å². The molecule has 16 heavy (non-hydrogen) atoms. The Labute approximate surface area is 93.3 Å². The van der Waals surface area contributed by atoms with Crippen LogP contribution in [0.3, 0.4) is 0 Å². The number of aliphatic hydroxyl groups is 1. The summed E-state index contributed by atoms with van der Waals surface area (Å²) in [4.78, 5) is 0. The van der Waals surface area contributed by atoms with Gasteiger partial charge in [-0.05, 0) is 25.1 Å². The van der Waals surface area contributed by atoms with E-state index >= 15 is 0 Å². The Morgan fingerprint density at radius 2 is 2.12 bits per heavy atom. The molecule has 0 amide bonds. The largest absolute Gasteiger partial charge is 0.504 e. The summed E-state index contributed by atoms with van der Waals surface area (Å²) in [7, 11) is 0. The Morgan fingerprint density at radius 1 is 1.38 bits per heavy atom. The highest BCUT2D eigenvalue weighted by atomic mass is 16.6. The molecule has 1 aromatic rings. The molecular formula is C11H15NO4. The Hall–Kier alpha value is -1.30. The number of phenols is 2. The molecule has 1 aromatic carbocycles. The van der Waals surface area contributed by atoms with E-state index in [1.807, 2.05) is 0 Å². The first-order valence-electron chi connectivity index (χ1n) is 5.16. The van der Waals surface area contributed by atoms with E-state index in [0.717, 1.165) is 0 Å². The van der Waals surface area contributed by atoms with Gasteiger partial charge in [0, 0.05) is 12.1 Å². The lowest BCUT2D eigenvalue weighted by molar-refractivity contribution is -0.245. The molecule has 0 spiro atoms. The van der Waals surface area contributed by atoms with Crippen molar-refractivity contribution in [2.75, 3.05) is 13.2 Å². The summed E-state index contributed by atoms with van der Waals surface area (Å²) in [5.74, 6) is -1.96. The molecular weight excluding hydrogens is 210 g/mol. The van der Waals surface area contributed by atoms with Crippen molar-refractivity contribution in [2.45, 2.75) is 18.8 Å². The quantitative estimate of drug-likeness (QED) is 0.515. The number of hydrogen-bond acceptors (Lipinski definition) is 5. The van der Waals surface area contributed by atoms with Crippen LogP contribution in [0.1, 0.15) is 12.5 Å². The van der Waals surface area contributed by atoms with Crippen molar-refractivity contribution in [2.24, 2.45) is 0 Å². The summed E-state index contributed by atoms with van der Waals surface area (Å²) < 4.78 is 5.36. The number of phenolic OH excluding ortho intramolecular Hbond substituents is 2. The maximum Gasteiger partial charge on any atom is 0.208 e. The molecule has 1 fully saturated rings. The highest BCUT2D eigenvalue weighted by Gasteiger charge is 2.39. The number of morpholine rings is 1. The first-order valence-corrected chi connectivity index (χ1v) is 5.16. The summed E-state index contributed by atoms with van der Waals surface area (Å²) in [6.07, 6.45) is 0. The average Bonchev–Trinajstić information content (AvgIpc) is 2.26. The van der Waals surface area contributed by atoms with Crippen molar-refractivity contribution in [3.05, 3.63) is 23.8 Å². The maximum absolute atomic E-state index is 10.3. The maximum atomic E-state index is 10.3. The van der Waals surface area contributed by atoms with Crippen molar-refractivity contribution in [1.29, 1.82) is 0 Å². The first kappa shape index (κ1) is 11.2. The van der Waals surface area contributed by atoms with Crippen LogP contribution in [-0.2, 0) is 10.5 Å². The second kappa shape index (κ2) is 3.93. The zero-order chi connectivity index (χ0) is 11.8. The molecule has 1 aliphatic heterocycles. The lowest BCUT2D eigenvalue weighted by Crippen LogP contribution is -2.54. The summed E-state index contributed by atoms with van der Waals surface area (Å²) in [6.45, 7) is 2.86. The zero-order valence-corrected chi connectivity index (χ0v) is 8.97. The van der Waals surface area contributed by atoms with Gasteiger partial charge in [0.2, 0.25) is 5.79 Å². The minimum Gasteiger partial charge on any atom is -0.504 e. The third kappa shape index (κ3) is 1.73. The van der Waals surface area contributed by atoms with E-state index in [0.29, 0.717) is 18.7 Å². The van der Waals surface area contributed by atoms with Crippen LogP contribution in [0.15, 0.2) is 18.2 Å². The third-order valence-corrected chi connectivity index (χ3v) is 2.85. The minimum absolute atomic E-state index is 0.219.